The summed E-state index contributed by atoms with van der Waals surface area (Å²) >= 11 is 0. The van der Waals surface area contributed by atoms with E-state index in [9.17, 15) is 19.8 Å². The first-order valence-corrected chi connectivity index (χ1v) is 11.0. The number of rotatable bonds is 11. The van der Waals surface area contributed by atoms with Crippen LogP contribution in [0.1, 0.15) is 58.8 Å². The number of aliphatic carboxylic acids is 1. The van der Waals surface area contributed by atoms with Crippen LogP contribution in [0.15, 0.2) is 23.8 Å². The predicted octanol–water partition coefficient (Wildman–Crippen LogP) is 2.44. The van der Waals surface area contributed by atoms with Gasteiger partial charge in [0.25, 0.3) is 0 Å². The molecule has 0 bridgehead atoms. The zero-order chi connectivity index (χ0) is 22.3. The lowest BCUT2D eigenvalue weighted by Gasteiger charge is -2.42. The molecule has 7 nitrogen and oxygen atoms in total. The van der Waals surface area contributed by atoms with Crippen LogP contribution < -0.4 is 0 Å². The van der Waals surface area contributed by atoms with Gasteiger partial charge in [-0.15, -0.1) is 0 Å². The van der Waals surface area contributed by atoms with E-state index in [1.165, 1.54) is 0 Å². The lowest BCUT2D eigenvalue weighted by Crippen LogP contribution is -2.40. The van der Waals surface area contributed by atoms with E-state index in [-0.39, 0.29) is 55.2 Å². The van der Waals surface area contributed by atoms with Crippen molar-refractivity contribution in [2.24, 2.45) is 23.7 Å². The summed E-state index contributed by atoms with van der Waals surface area (Å²) in [6.07, 6.45) is 7.14. The van der Waals surface area contributed by atoms with Crippen molar-refractivity contribution in [2.45, 2.75) is 77.1 Å². The molecule has 4 N–H and O–H groups in total. The van der Waals surface area contributed by atoms with Gasteiger partial charge in [0, 0.05) is 12.5 Å². The van der Waals surface area contributed by atoms with Crippen LogP contribution in [0.2, 0.25) is 0 Å². The van der Waals surface area contributed by atoms with Crippen LogP contribution in [-0.4, -0.2) is 57.3 Å². The zero-order valence-electron chi connectivity index (χ0n) is 17.9. The number of hydrogen-bond acceptors (Lipinski definition) is 6. The molecule has 0 saturated carbocycles. The Kier molecular flexibility index (Phi) is 9.52. The average molecular weight is 425 g/mol. The summed E-state index contributed by atoms with van der Waals surface area (Å²) in [5.41, 5.74) is 1.16. The normalized spacial score (nSPS) is 28.8. The van der Waals surface area contributed by atoms with E-state index in [0.29, 0.717) is 19.3 Å². The molecule has 0 aliphatic heterocycles. The second-order valence-corrected chi connectivity index (χ2v) is 8.80. The maximum Gasteiger partial charge on any atom is 0.309 e. The topological polar surface area (TPSA) is 124 Å². The Labute approximate surface area is 178 Å². The molecule has 7 atom stereocenters. The standard InChI is InChI=1S/C23H36O7/c1-14-6-7-16-4-3-5-20(30-23(29)15(2)10-11-24)22(16)19(14)9-8-17(25)12-18(26)13-21(27)28/h4,6-7,14-15,17-20,22,24-26H,3,5,8-13H2,1-2H3,(H,27,28)/t14-,15-,17+,18+,19-,20-,22-/m0/s1. The van der Waals surface area contributed by atoms with Gasteiger partial charge in [0.1, 0.15) is 6.10 Å². The quantitative estimate of drug-likeness (QED) is 0.376. The van der Waals surface area contributed by atoms with E-state index in [0.717, 1.165) is 18.4 Å². The van der Waals surface area contributed by atoms with Crippen LogP contribution in [0, 0.1) is 23.7 Å². The summed E-state index contributed by atoms with van der Waals surface area (Å²) in [5, 5.41) is 37.9. The van der Waals surface area contributed by atoms with Gasteiger partial charge >= 0.3 is 11.9 Å². The first kappa shape index (κ1) is 24.6. The van der Waals surface area contributed by atoms with Crippen molar-refractivity contribution >= 4 is 11.9 Å². The highest BCUT2D eigenvalue weighted by molar-refractivity contribution is 5.72. The molecule has 30 heavy (non-hydrogen) atoms. The smallest absolute Gasteiger partial charge is 0.309 e. The Morgan fingerprint density at radius 1 is 1.23 bits per heavy atom. The Hall–Kier alpha value is -1.70. The van der Waals surface area contributed by atoms with Crippen molar-refractivity contribution in [1.82, 2.24) is 0 Å². The molecule has 2 aliphatic carbocycles. The van der Waals surface area contributed by atoms with Gasteiger partial charge in [0.15, 0.2) is 0 Å². The molecular weight excluding hydrogens is 388 g/mol. The maximum absolute atomic E-state index is 12.5. The summed E-state index contributed by atoms with van der Waals surface area (Å²) in [6.45, 7) is 3.83. The predicted molar refractivity (Wildman–Crippen MR) is 111 cm³/mol. The SMILES string of the molecule is C[C@@H](CCO)C(=O)O[C@H]1CCC=C2C=C[C@H](C)[C@H](CC[C@@H](O)C[C@@H](O)CC(=O)O)[C@H]21. The van der Waals surface area contributed by atoms with Crippen molar-refractivity contribution in [3.05, 3.63) is 23.8 Å². The molecule has 0 unspecified atom stereocenters. The fourth-order valence-electron chi connectivity index (χ4n) is 4.63. The van der Waals surface area contributed by atoms with Gasteiger partial charge in [-0.05, 0) is 55.9 Å². The van der Waals surface area contributed by atoms with Gasteiger partial charge in [-0.25, -0.2) is 0 Å². The molecular formula is C23H36O7. The molecule has 0 fully saturated rings. The van der Waals surface area contributed by atoms with E-state index in [4.69, 9.17) is 14.9 Å². The molecule has 0 amide bonds. The fraction of sp³-hybridized carbons (Fsp3) is 0.739. The summed E-state index contributed by atoms with van der Waals surface area (Å²) < 4.78 is 5.88. The highest BCUT2D eigenvalue weighted by Crippen LogP contribution is 2.44. The van der Waals surface area contributed by atoms with E-state index in [1.807, 2.05) is 0 Å². The number of fused-ring (bicyclic) bond motifs is 1. The molecule has 0 aromatic rings. The monoisotopic (exact) mass is 424 g/mol. The first-order chi connectivity index (χ1) is 14.2. The number of carbonyl (C=O) groups is 2. The minimum atomic E-state index is -1.09. The number of aliphatic hydroxyl groups is 3. The molecule has 0 spiro atoms. The van der Waals surface area contributed by atoms with Gasteiger partial charge in [-0.3, -0.25) is 9.59 Å². The number of esters is 1. The van der Waals surface area contributed by atoms with E-state index in [1.54, 1.807) is 6.92 Å². The minimum Gasteiger partial charge on any atom is -0.481 e. The highest BCUT2D eigenvalue weighted by Gasteiger charge is 2.40. The van der Waals surface area contributed by atoms with Gasteiger partial charge < -0.3 is 25.2 Å². The third-order valence-electron chi connectivity index (χ3n) is 6.37. The molecule has 0 heterocycles. The van der Waals surface area contributed by atoms with Gasteiger partial charge in [0.2, 0.25) is 0 Å². The number of carboxylic acids is 1. The highest BCUT2D eigenvalue weighted by atomic mass is 16.5. The van der Waals surface area contributed by atoms with Crippen molar-refractivity contribution in [2.75, 3.05) is 6.61 Å². The van der Waals surface area contributed by atoms with E-state index >= 15 is 0 Å². The number of hydrogen-bond donors (Lipinski definition) is 4. The summed E-state index contributed by atoms with van der Waals surface area (Å²) in [7, 11) is 0. The van der Waals surface area contributed by atoms with Gasteiger partial charge in [-0.1, -0.05) is 32.1 Å². The van der Waals surface area contributed by atoms with Crippen LogP contribution in [0.5, 0.6) is 0 Å². The minimum absolute atomic E-state index is 0.0354. The Morgan fingerprint density at radius 3 is 2.63 bits per heavy atom. The Bertz CT molecular complexity index is 641. The molecule has 170 valence electrons. The van der Waals surface area contributed by atoms with Crippen LogP contribution in [0.4, 0.5) is 0 Å². The fourth-order valence-corrected chi connectivity index (χ4v) is 4.63. The number of carboxylic acid groups (broad SMARTS) is 1. The van der Waals surface area contributed by atoms with Crippen LogP contribution in [-0.2, 0) is 14.3 Å². The van der Waals surface area contributed by atoms with Crippen LogP contribution in [0.3, 0.4) is 0 Å². The maximum atomic E-state index is 12.5. The zero-order valence-corrected chi connectivity index (χ0v) is 17.9. The number of ether oxygens (including phenoxy) is 1. The Balaban J connectivity index is 2.03. The molecule has 0 aromatic carbocycles. The van der Waals surface area contributed by atoms with Crippen LogP contribution >= 0.6 is 0 Å². The van der Waals surface area contributed by atoms with Crippen molar-refractivity contribution in [3.8, 4) is 0 Å². The number of allylic oxidation sites excluding steroid dienone is 3. The molecule has 7 heteroatoms. The van der Waals surface area contributed by atoms with Gasteiger partial charge in [0.05, 0.1) is 24.5 Å². The summed E-state index contributed by atoms with van der Waals surface area (Å²) in [6, 6.07) is 0. The van der Waals surface area contributed by atoms with Crippen molar-refractivity contribution < 1.29 is 34.8 Å². The van der Waals surface area contributed by atoms with E-state index < -0.39 is 18.2 Å². The average Bonchev–Trinajstić information content (AvgIpc) is 2.66. The molecule has 2 aliphatic rings. The largest absolute Gasteiger partial charge is 0.481 e. The molecule has 0 saturated heterocycles. The number of carbonyl (C=O) groups excluding carboxylic acids is 1. The second kappa shape index (κ2) is 11.6. The van der Waals surface area contributed by atoms with Crippen molar-refractivity contribution in [3.63, 3.8) is 0 Å². The molecule has 2 rings (SSSR count). The lowest BCUT2D eigenvalue weighted by molar-refractivity contribution is -0.158. The molecule has 0 aromatic heterocycles. The molecule has 0 radical (unpaired) electrons. The number of aliphatic hydroxyl groups excluding tert-OH is 3. The third kappa shape index (κ3) is 6.93. The van der Waals surface area contributed by atoms with Crippen LogP contribution in [0.25, 0.3) is 0 Å². The van der Waals surface area contributed by atoms with E-state index in [2.05, 4.69) is 25.2 Å². The first-order valence-electron chi connectivity index (χ1n) is 11.0. The summed E-state index contributed by atoms with van der Waals surface area (Å²) in [4.78, 5) is 23.2. The third-order valence-corrected chi connectivity index (χ3v) is 6.37. The second-order valence-electron chi connectivity index (χ2n) is 8.80. The Morgan fingerprint density at radius 2 is 1.97 bits per heavy atom. The van der Waals surface area contributed by atoms with Crippen molar-refractivity contribution in [1.29, 1.82) is 0 Å². The summed E-state index contributed by atoms with van der Waals surface area (Å²) in [5.74, 6) is -1.24. The van der Waals surface area contributed by atoms with Gasteiger partial charge in [-0.2, -0.15) is 0 Å². The lowest BCUT2D eigenvalue weighted by atomic mass is 9.66.